The van der Waals surface area contributed by atoms with E-state index in [1.165, 1.54) is 27.4 Å². The van der Waals surface area contributed by atoms with Crippen molar-refractivity contribution in [1.82, 2.24) is 0 Å². The molecule has 6 heteroatoms. The van der Waals surface area contributed by atoms with Crippen LogP contribution in [0.15, 0.2) is 18.2 Å². The lowest BCUT2D eigenvalue weighted by molar-refractivity contribution is -0.136. The van der Waals surface area contributed by atoms with Crippen LogP contribution in [0.1, 0.15) is 43.5 Å². The number of methoxy groups -OCH3 is 3. The summed E-state index contributed by atoms with van der Waals surface area (Å²) in [6, 6.07) is 4.80. The maximum absolute atomic E-state index is 12.5. The number of nitrogens with one attached hydrogen (secondary N) is 1. The largest absolute Gasteiger partial charge is 0.496 e. The van der Waals surface area contributed by atoms with E-state index < -0.39 is 11.6 Å². The lowest BCUT2D eigenvalue weighted by Crippen LogP contribution is -2.41. The standard InChI is InChI=1S/C17H25NO5/c1-6-7-10-17(2,23-5)16(20)18-12-8-9-14(21-3)13(11-12)15(19)22-4/h8-9,11H,6-7,10H2,1-5H3,(H,18,20)/t17-/m0/s1. The van der Waals surface area contributed by atoms with Crippen molar-refractivity contribution in [3.63, 3.8) is 0 Å². The Kier molecular flexibility index (Phi) is 7.03. The molecule has 0 saturated heterocycles. The summed E-state index contributed by atoms with van der Waals surface area (Å²) in [7, 11) is 4.27. The van der Waals surface area contributed by atoms with E-state index in [-0.39, 0.29) is 11.5 Å². The van der Waals surface area contributed by atoms with Crippen LogP contribution in [0.3, 0.4) is 0 Å². The molecule has 0 spiro atoms. The van der Waals surface area contributed by atoms with Gasteiger partial charge in [-0.2, -0.15) is 0 Å². The lowest BCUT2D eigenvalue weighted by Gasteiger charge is -2.26. The Morgan fingerprint density at radius 3 is 2.43 bits per heavy atom. The Balaban J connectivity index is 2.99. The van der Waals surface area contributed by atoms with Crippen LogP contribution in [-0.4, -0.2) is 38.8 Å². The Morgan fingerprint density at radius 2 is 1.91 bits per heavy atom. The topological polar surface area (TPSA) is 73.9 Å². The number of hydrogen-bond donors (Lipinski definition) is 1. The van der Waals surface area contributed by atoms with Crippen LogP contribution in [0, 0.1) is 0 Å². The molecule has 6 nitrogen and oxygen atoms in total. The molecule has 0 bridgehead atoms. The highest BCUT2D eigenvalue weighted by Gasteiger charge is 2.32. The molecule has 0 fully saturated rings. The third-order valence-electron chi connectivity index (χ3n) is 3.80. The van der Waals surface area contributed by atoms with Gasteiger partial charge in [0.1, 0.15) is 16.9 Å². The van der Waals surface area contributed by atoms with E-state index in [0.29, 0.717) is 17.9 Å². The van der Waals surface area contributed by atoms with Gasteiger partial charge in [-0.15, -0.1) is 0 Å². The zero-order chi connectivity index (χ0) is 17.5. The molecule has 0 saturated carbocycles. The molecule has 0 heterocycles. The van der Waals surface area contributed by atoms with Gasteiger partial charge in [-0.1, -0.05) is 19.8 Å². The molecule has 1 amide bonds. The van der Waals surface area contributed by atoms with E-state index in [0.717, 1.165) is 12.8 Å². The molecule has 0 radical (unpaired) electrons. The fraction of sp³-hybridized carbons (Fsp3) is 0.529. The number of esters is 1. The van der Waals surface area contributed by atoms with Crippen molar-refractivity contribution in [1.29, 1.82) is 0 Å². The fourth-order valence-corrected chi connectivity index (χ4v) is 2.14. The molecule has 1 aromatic rings. The number of ether oxygens (including phenoxy) is 3. The third kappa shape index (κ3) is 4.69. The van der Waals surface area contributed by atoms with E-state index in [1.807, 2.05) is 0 Å². The van der Waals surface area contributed by atoms with E-state index in [2.05, 4.69) is 12.2 Å². The van der Waals surface area contributed by atoms with Gasteiger partial charge in [-0.05, 0) is 31.5 Å². The Hall–Kier alpha value is -2.08. The van der Waals surface area contributed by atoms with E-state index >= 15 is 0 Å². The molecule has 1 N–H and O–H groups in total. The summed E-state index contributed by atoms with van der Waals surface area (Å²) < 4.78 is 15.2. The van der Waals surface area contributed by atoms with Gasteiger partial charge in [0.25, 0.3) is 5.91 Å². The number of hydrogen-bond acceptors (Lipinski definition) is 5. The number of carbonyl (C=O) groups is 2. The number of anilines is 1. The number of amides is 1. The van der Waals surface area contributed by atoms with Crippen molar-refractivity contribution >= 4 is 17.6 Å². The molecule has 0 aliphatic carbocycles. The van der Waals surface area contributed by atoms with Crippen molar-refractivity contribution in [2.75, 3.05) is 26.6 Å². The molecule has 0 unspecified atom stereocenters. The van der Waals surface area contributed by atoms with Gasteiger partial charge >= 0.3 is 5.97 Å². The predicted octanol–water partition coefficient (Wildman–Crippen LogP) is 3.02. The first kappa shape index (κ1) is 19.0. The average molecular weight is 323 g/mol. The molecule has 0 aliphatic rings. The fourth-order valence-electron chi connectivity index (χ4n) is 2.14. The van der Waals surface area contributed by atoms with Crippen molar-refractivity contribution in [2.24, 2.45) is 0 Å². The summed E-state index contributed by atoms with van der Waals surface area (Å²) in [5.74, 6) is -0.400. The van der Waals surface area contributed by atoms with Crippen LogP contribution in [-0.2, 0) is 14.3 Å². The maximum Gasteiger partial charge on any atom is 0.341 e. The molecule has 1 aromatic carbocycles. The van der Waals surface area contributed by atoms with Crippen LogP contribution >= 0.6 is 0 Å². The van der Waals surface area contributed by atoms with Gasteiger partial charge in [-0.3, -0.25) is 4.79 Å². The molecule has 0 aliphatic heterocycles. The minimum atomic E-state index is -0.915. The number of rotatable bonds is 8. The van der Waals surface area contributed by atoms with Crippen LogP contribution in [0.2, 0.25) is 0 Å². The van der Waals surface area contributed by atoms with Gasteiger partial charge < -0.3 is 19.5 Å². The summed E-state index contributed by atoms with van der Waals surface area (Å²) in [4.78, 5) is 24.3. The van der Waals surface area contributed by atoms with Crippen molar-refractivity contribution < 1.29 is 23.8 Å². The first-order valence-corrected chi connectivity index (χ1v) is 7.54. The van der Waals surface area contributed by atoms with Crippen molar-refractivity contribution in [2.45, 2.75) is 38.7 Å². The first-order chi connectivity index (χ1) is 10.9. The minimum absolute atomic E-state index is 0.250. The van der Waals surface area contributed by atoms with Crippen LogP contribution in [0.4, 0.5) is 5.69 Å². The summed E-state index contributed by atoms with van der Waals surface area (Å²) in [5.41, 5.74) is -0.182. The van der Waals surface area contributed by atoms with Gasteiger partial charge in [0.15, 0.2) is 0 Å². The zero-order valence-electron chi connectivity index (χ0n) is 14.4. The molecule has 0 aromatic heterocycles. The number of benzene rings is 1. The summed E-state index contributed by atoms with van der Waals surface area (Å²) in [5, 5.41) is 2.79. The highest BCUT2D eigenvalue weighted by molar-refractivity contribution is 5.99. The van der Waals surface area contributed by atoms with Crippen molar-refractivity contribution in [3.8, 4) is 5.75 Å². The number of unbranched alkanes of at least 4 members (excludes halogenated alkanes) is 1. The molecule has 128 valence electrons. The van der Waals surface area contributed by atoms with E-state index in [1.54, 1.807) is 19.1 Å². The minimum Gasteiger partial charge on any atom is -0.496 e. The predicted molar refractivity (Wildman–Crippen MR) is 87.9 cm³/mol. The molecule has 1 atom stereocenters. The average Bonchev–Trinajstić information content (AvgIpc) is 2.58. The smallest absolute Gasteiger partial charge is 0.341 e. The highest BCUT2D eigenvalue weighted by Crippen LogP contribution is 2.25. The van der Waals surface area contributed by atoms with Crippen LogP contribution in [0.25, 0.3) is 0 Å². The Labute approximate surface area is 137 Å². The molecular formula is C17H25NO5. The third-order valence-corrected chi connectivity index (χ3v) is 3.80. The normalized spacial score (nSPS) is 13.1. The molecule has 1 rings (SSSR count). The van der Waals surface area contributed by atoms with Gasteiger partial charge in [-0.25, -0.2) is 4.79 Å². The monoisotopic (exact) mass is 323 g/mol. The van der Waals surface area contributed by atoms with Crippen molar-refractivity contribution in [3.05, 3.63) is 23.8 Å². The SMILES string of the molecule is CCCC[C@](C)(OC)C(=O)Nc1ccc(OC)c(C(=O)OC)c1. The van der Waals surface area contributed by atoms with Crippen LogP contribution in [0.5, 0.6) is 5.75 Å². The number of carbonyl (C=O) groups excluding carboxylic acids is 2. The van der Waals surface area contributed by atoms with Gasteiger partial charge in [0, 0.05) is 12.8 Å². The second kappa shape index (κ2) is 8.53. The zero-order valence-corrected chi connectivity index (χ0v) is 14.4. The van der Waals surface area contributed by atoms with Gasteiger partial charge in [0.05, 0.1) is 14.2 Å². The van der Waals surface area contributed by atoms with E-state index in [4.69, 9.17) is 14.2 Å². The summed E-state index contributed by atoms with van der Waals surface area (Å²) in [6.07, 6.45) is 2.47. The quantitative estimate of drug-likeness (QED) is 0.744. The second-order valence-corrected chi connectivity index (χ2v) is 5.40. The van der Waals surface area contributed by atoms with Crippen LogP contribution < -0.4 is 10.1 Å². The molecule has 23 heavy (non-hydrogen) atoms. The van der Waals surface area contributed by atoms with E-state index in [9.17, 15) is 9.59 Å². The molecular weight excluding hydrogens is 298 g/mol. The maximum atomic E-state index is 12.5. The lowest BCUT2D eigenvalue weighted by atomic mass is 9.97. The summed E-state index contributed by atoms with van der Waals surface area (Å²) >= 11 is 0. The summed E-state index contributed by atoms with van der Waals surface area (Å²) in [6.45, 7) is 3.81. The van der Waals surface area contributed by atoms with Gasteiger partial charge in [0.2, 0.25) is 0 Å². The highest BCUT2D eigenvalue weighted by atomic mass is 16.5. The Morgan fingerprint density at radius 1 is 1.22 bits per heavy atom. The Bertz CT molecular complexity index is 558. The second-order valence-electron chi connectivity index (χ2n) is 5.40. The first-order valence-electron chi connectivity index (χ1n) is 7.54.